The van der Waals surface area contributed by atoms with E-state index in [1.54, 1.807) is 0 Å². The number of amides is 1. The van der Waals surface area contributed by atoms with Crippen LogP contribution in [0.5, 0.6) is 0 Å². The maximum absolute atomic E-state index is 12.5. The van der Waals surface area contributed by atoms with E-state index in [4.69, 9.17) is 17.3 Å². The lowest BCUT2D eigenvalue weighted by molar-refractivity contribution is -0.121. The molecule has 2 aromatic carbocycles. The van der Waals surface area contributed by atoms with Crippen molar-refractivity contribution >= 4 is 39.0 Å². The Labute approximate surface area is 354 Å². The lowest BCUT2D eigenvalue weighted by Crippen LogP contribution is -2.40. The molecule has 4 N–H and O–H groups in total. The molecular formula is C48H69ClN4O4S. The number of carbonyl (C=O) groups excluding carboxylic acids is 1. The molecule has 0 fully saturated rings. The third-order valence-corrected chi connectivity index (χ3v) is 13.7. The van der Waals surface area contributed by atoms with Crippen LogP contribution < -0.4 is 20.9 Å². The second kappa shape index (κ2) is 19.8. The van der Waals surface area contributed by atoms with Crippen molar-refractivity contribution in [3.63, 3.8) is 0 Å². The van der Waals surface area contributed by atoms with E-state index >= 15 is 0 Å². The van der Waals surface area contributed by atoms with E-state index in [9.17, 15) is 17.8 Å². The Morgan fingerprint density at radius 3 is 2.33 bits per heavy atom. The summed E-state index contributed by atoms with van der Waals surface area (Å²) in [4.78, 5) is 17.3. The summed E-state index contributed by atoms with van der Waals surface area (Å²) in [5, 5.41) is 3.90. The molecule has 2 atom stereocenters. The number of nitrogens with one attached hydrogen (secondary N) is 1. The molecule has 1 aliphatic carbocycles. The van der Waals surface area contributed by atoms with E-state index in [1.165, 1.54) is 39.3 Å². The molecule has 0 spiro atoms. The van der Waals surface area contributed by atoms with Gasteiger partial charge < -0.3 is 20.9 Å². The Balaban J connectivity index is 1.31. The molecule has 0 bridgehead atoms. The number of fused-ring (bicyclic) bond motifs is 2. The molecule has 58 heavy (non-hydrogen) atoms. The average molecular weight is 834 g/mol. The summed E-state index contributed by atoms with van der Waals surface area (Å²) in [5.74, 6) is -0.0860. The molecule has 8 nitrogen and oxygen atoms in total. The van der Waals surface area contributed by atoms with Gasteiger partial charge >= 0.3 is 0 Å². The van der Waals surface area contributed by atoms with Crippen LogP contribution in [0.15, 0.2) is 82.6 Å². The number of nitrogens with two attached hydrogens (primary N) is 1. The number of allylic oxidation sites excluding steroid dienone is 7. The number of hydrogen-bond donors (Lipinski definition) is 3. The van der Waals surface area contributed by atoms with Crippen molar-refractivity contribution in [1.29, 1.82) is 0 Å². The molecule has 3 aliphatic rings. The lowest BCUT2D eigenvalue weighted by atomic mass is 9.79. The van der Waals surface area contributed by atoms with E-state index in [0.717, 1.165) is 87.1 Å². The quantitative estimate of drug-likeness (QED) is 0.0953. The zero-order valence-electron chi connectivity index (χ0n) is 36.2. The van der Waals surface area contributed by atoms with Crippen LogP contribution in [0.1, 0.15) is 134 Å². The normalized spacial score (nSPS) is 20.7. The third-order valence-electron chi connectivity index (χ3n) is 12.4. The van der Waals surface area contributed by atoms with Gasteiger partial charge in [0, 0.05) is 65.0 Å². The van der Waals surface area contributed by atoms with Gasteiger partial charge in [0.05, 0.1) is 11.8 Å². The van der Waals surface area contributed by atoms with Crippen LogP contribution >= 0.6 is 11.6 Å². The molecule has 5 rings (SSSR count). The minimum absolute atomic E-state index is 0.0585. The Morgan fingerprint density at radius 1 is 0.931 bits per heavy atom. The van der Waals surface area contributed by atoms with Crippen molar-refractivity contribution in [2.75, 3.05) is 35.2 Å². The summed E-state index contributed by atoms with van der Waals surface area (Å²) in [6, 6.07) is 13.7. The van der Waals surface area contributed by atoms with E-state index in [0.29, 0.717) is 25.8 Å². The number of anilines is 2. The first kappa shape index (κ1) is 45.7. The van der Waals surface area contributed by atoms with Gasteiger partial charge in [-0.3, -0.25) is 9.35 Å². The fraction of sp³-hybridized carbons (Fsp3) is 0.562. The zero-order chi connectivity index (χ0) is 42.3. The predicted octanol–water partition coefficient (Wildman–Crippen LogP) is 10.5. The molecule has 318 valence electrons. The van der Waals surface area contributed by atoms with Crippen LogP contribution in [0.25, 0.3) is 0 Å². The number of halogens is 1. The minimum atomic E-state index is -3.99. The van der Waals surface area contributed by atoms with Crippen LogP contribution in [-0.2, 0) is 25.7 Å². The van der Waals surface area contributed by atoms with Gasteiger partial charge in [0.25, 0.3) is 10.1 Å². The zero-order valence-corrected chi connectivity index (χ0v) is 37.7. The summed E-state index contributed by atoms with van der Waals surface area (Å²) in [7, 11) is -3.99. The maximum Gasteiger partial charge on any atom is 0.264 e. The average Bonchev–Trinajstić information content (AvgIpc) is 3.48. The molecule has 0 radical (unpaired) electrons. The Bertz CT molecular complexity index is 2010. The molecule has 10 heteroatoms. The molecule has 0 saturated carbocycles. The Kier molecular flexibility index (Phi) is 15.6. The number of hydrogen-bond acceptors (Lipinski definition) is 6. The van der Waals surface area contributed by atoms with Crippen molar-refractivity contribution in [3.05, 3.63) is 105 Å². The highest BCUT2D eigenvalue weighted by Crippen LogP contribution is 2.49. The molecular weight excluding hydrogens is 764 g/mol. The minimum Gasteiger partial charge on any atom is -0.364 e. The summed E-state index contributed by atoms with van der Waals surface area (Å²) in [6.45, 7) is 17.8. The third kappa shape index (κ3) is 11.5. The van der Waals surface area contributed by atoms with E-state index in [-0.39, 0.29) is 34.6 Å². The van der Waals surface area contributed by atoms with Crippen molar-refractivity contribution < 1.29 is 17.8 Å². The van der Waals surface area contributed by atoms with Gasteiger partial charge in [-0.1, -0.05) is 106 Å². The monoisotopic (exact) mass is 832 g/mol. The fourth-order valence-corrected chi connectivity index (χ4v) is 9.93. The van der Waals surface area contributed by atoms with Crippen LogP contribution in [0.2, 0.25) is 0 Å². The van der Waals surface area contributed by atoms with Crippen molar-refractivity contribution in [3.8, 4) is 0 Å². The van der Waals surface area contributed by atoms with Crippen LogP contribution in [-0.4, -0.2) is 56.3 Å². The van der Waals surface area contributed by atoms with Gasteiger partial charge in [0.1, 0.15) is 0 Å². The number of nitrogens with zero attached hydrogens (tertiary/aromatic N) is 2. The largest absolute Gasteiger partial charge is 0.364 e. The first-order valence-corrected chi connectivity index (χ1v) is 23.6. The fourth-order valence-electron chi connectivity index (χ4n) is 9.05. The smallest absolute Gasteiger partial charge is 0.264 e. The summed E-state index contributed by atoms with van der Waals surface area (Å²) in [6.07, 6.45) is 19.4. The molecule has 0 saturated heterocycles. The lowest BCUT2D eigenvalue weighted by Gasteiger charge is -2.33. The van der Waals surface area contributed by atoms with Crippen LogP contribution in [0.3, 0.4) is 0 Å². The van der Waals surface area contributed by atoms with Gasteiger partial charge in [-0.25, -0.2) is 0 Å². The number of aryl methyl sites for hydroxylation is 2. The first-order valence-electron chi connectivity index (χ1n) is 21.6. The maximum atomic E-state index is 12.5. The molecule has 1 amide bonds. The number of benzene rings is 2. The predicted molar refractivity (Wildman–Crippen MR) is 244 cm³/mol. The second-order valence-electron chi connectivity index (χ2n) is 18.1. The topological polar surface area (TPSA) is 116 Å². The van der Waals surface area contributed by atoms with Crippen molar-refractivity contribution in [2.45, 2.75) is 148 Å². The molecule has 0 aromatic heterocycles. The SMILES string of the molecule is Cc1ccc2c(c1)C(C)(C)/C(=C\C=C1/CCCC(/C=C/C3N(CCCCS(=O)(=O)O)c4ccc(C)cc4C3(C)C)=C1Cl)N2CCCCCC(=O)NCCCCC(C)N. The van der Waals surface area contributed by atoms with Crippen LogP contribution in [0, 0.1) is 13.8 Å². The standard InChI is InChI=1S/C48H69ClN4O4S/c1-34-20-24-41-39(32-34)47(4,5)43(52(41)29-12-8-9-19-45(54)51-28-11-10-16-36(3)50)26-22-37-17-15-18-38(46(37)49)23-27-44-48(6,7)40-33-35(2)21-25-42(40)53(44)30-13-14-31-58(55,56)57/h20-27,32-33,36,44H,8-19,28-31,50H2,1-7H3,(H,51,54)(H,55,56,57)/b27-23+,37-22+,43-26+. The number of rotatable bonds is 19. The summed E-state index contributed by atoms with van der Waals surface area (Å²) >= 11 is 7.29. The number of carbonyl (C=O) groups is 1. The molecule has 2 heterocycles. The highest BCUT2D eigenvalue weighted by Gasteiger charge is 2.43. The number of unbranched alkanes of at least 4 members (excludes halogenated alkanes) is 4. The highest BCUT2D eigenvalue weighted by molar-refractivity contribution is 7.85. The van der Waals surface area contributed by atoms with Crippen molar-refractivity contribution in [1.82, 2.24) is 5.32 Å². The Hall–Kier alpha value is -3.37. The van der Waals surface area contributed by atoms with Gasteiger partial charge in [0.15, 0.2) is 0 Å². The first-order chi connectivity index (χ1) is 27.4. The van der Waals surface area contributed by atoms with Gasteiger partial charge in [0.2, 0.25) is 5.91 Å². The highest BCUT2D eigenvalue weighted by atomic mass is 35.5. The summed E-state index contributed by atoms with van der Waals surface area (Å²) < 4.78 is 32.2. The van der Waals surface area contributed by atoms with E-state index in [1.807, 2.05) is 6.92 Å². The van der Waals surface area contributed by atoms with Crippen molar-refractivity contribution in [2.24, 2.45) is 5.73 Å². The molecule has 2 aromatic rings. The van der Waals surface area contributed by atoms with E-state index in [2.05, 4.69) is 117 Å². The molecule has 2 unspecified atom stereocenters. The summed E-state index contributed by atoms with van der Waals surface area (Å²) in [5.41, 5.74) is 16.6. The van der Waals surface area contributed by atoms with Gasteiger partial charge in [-0.05, 0) is 119 Å². The van der Waals surface area contributed by atoms with Gasteiger partial charge in [-0.15, -0.1) is 0 Å². The van der Waals surface area contributed by atoms with Gasteiger partial charge in [-0.2, -0.15) is 8.42 Å². The molecule has 2 aliphatic heterocycles. The van der Waals surface area contributed by atoms with Crippen LogP contribution in [0.4, 0.5) is 11.4 Å². The second-order valence-corrected chi connectivity index (χ2v) is 20.1. The Morgan fingerprint density at radius 2 is 1.62 bits per heavy atom. The van der Waals surface area contributed by atoms with E-state index < -0.39 is 10.1 Å².